The number of hydrogen-bond acceptors (Lipinski definition) is 5. The second kappa shape index (κ2) is 8.41. The van der Waals surface area contributed by atoms with Crippen LogP contribution in [0.3, 0.4) is 0 Å². The van der Waals surface area contributed by atoms with E-state index in [1.54, 1.807) is 37.3 Å². The summed E-state index contributed by atoms with van der Waals surface area (Å²) in [4.78, 5) is 23.2. The molecule has 27 heavy (non-hydrogen) atoms. The van der Waals surface area contributed by atoms with Gasteiger partial charge in [-0.1, -0.05) is 29.8 Å². The predicted molar refractivity (Wildman–Crippen MR) is 102 cm³/mol. The Kier molecular flexibility index (Phi) is 6.45. The van der Waals surface area contributed by atoms with E-state index in [0.29, 0.717) is 5.69 Å². The Balaban J connectivity index is 2.44. The highest BCUT2D eigenvalue weighted by molar-refractivity contribution is 7.92. The Hall–Kier alpha value is -2.58. The van der Waals surface area contributed by atoms with Crippen LogP contribution < -0.4 is 10.0 Å². The highest BCUT2D eigenvalue weighted by Gasteiger charge is 2.26. The van der Waals surface area contributed by atoms with Crippen molar-refractivity contribution in [3.63, 3.8) is 0 Å². The van der Waals surface area contributed by atoms with Crippen LogP contribution in [0.25, 0.3) is 0 Å². The van der Waals surface area contributed by atoms with E-state index in [4.69, 9.17) is 22.1 Å². The highest BCUT2D eigenvalue weighted by atomic mass is 35.5. The van der Waals surface area contributed by atoms with Gasteiger partial charge in [-0.25, -0.2) is 13.2 Å². The van der Waals surface area contributed by atoms with Gasteiger partial charge in [-0.2, -0.15) is 0 Å². The minimum atomic E-state index is -3.95. The van der Waals surface area contributed by atoms with Crippen molar-refractivity contribution >= 4 is 39.2 Å². The van der Waals surface area contributed by atoms with Gasteiger partial charge in [-0.05, 0) is 44.2 Å². The maximum absolute atomic E-state index is 13.0. The molecule has 144 valence electrons. The molecule has 0 aliphatic carbocycles. The average Bonchev–Trinajstić information content (AvgIpc) is 2.62. The van der Waals surface area contributed by atoms with Gasteiger partial charge < -0.3 is 10.5 Å². The molecule has 0 bridgehead atoms. The second-order valence-corrected chi connectivity index (χ2v) is 7.87. The van der Waals surface area contributed by atoms with Crippen molar-refractivity contribution in [3.05, 3.63) is 59.1 Å². The van der Waals surface area contributed by atoms with Crippen molar-refractivity contribution in [3.8, 4) is 0 Å². The fourth-order valence-corrected chi connectivity index (χ4v) is 4.01. The molecule has 7 nitrogen and oxygen atoms in total. The first-order chi connectivity index (χ1) is 12.7. The van der Waals surface area contributed by atoms with E-state index in [-0.39, 0.29) is 22.0 Å². The van der Waals surface area contributed by atoms with Crippen LogP contribution >= 0.6 is 11.6 Å². The lowest BCUT2D eigenvalue weighted by atomic mass is 10.2. The quantitative estimate of drug-likeness (QED) is 0.706. The Bertz CT molecular complexity index is 947. The molecule has 0 heterocycles. The Morgan fingerprint density at radius 2 is 1.81 bits per heavy atom. The van der Waals surface area contributed by atoms with Gasteiger partial charge in [0, 0.05) is 6.54 Å². The molecule has 0 aliphatic rings. The molecule has 0 aromatic heterocycles. The minimum Gasteiger partial charge on any atom is -0.449 e. The van der Waals surface area contributed by atoms with E-state index < -0.39 is 28.0 Å². The summed E-state index contributed by atoms with van der Waals surface area (Å²) in [5.41, 5.74) is 5.39. The molecule has 0 spiro atoms. The molecular weight excluding hydrogens is 392 g/mol. The van der Waals surface area contributed by atoms with Crippen molar-refractivity contribution < 1.29 is 22.7 Å². The zero-order valence-corrected chi connectivity index (χ0v) is 16.3. The Labute approximate surface area is 162 Å². The first kappa shape index (κ1) is 20.7. The van der Waals surface area contributed by atoms with Crippen LogP contribution in [0.1, 0.15) is 24.2 Å². The van der Waals surface area contributed by atoms with Gasteiger partial charge in [0.1, 0.15) is 0 Å². The number of para-hydroxylation sites is 1. The zero-order valence-electron chi connectivity index (χ0n) is 14.8. The predicted octanol–water partition coefficient (Wildman–Crippen LogP) is 2.59. The number of rotatable bonds is 7. The van der Waals surface area contributed by atoms with Crippen molar-refractivity contribution in [1.82, 2.24) is 0 Å². The molecule has 0 saturated heterocycles. The molecule has 2 N–H and O–H groups in total. The Morgan fingerprint density at radius 3 is 2.37 bits per heavy atom. The molecule has 2 aromatic carbocycles. The molecule has 0 saturated carbocycles. The third-order valence-corrected chi connectivity index (χ3v) is 5.99. The van der Waals surface area contributed by atoms with Crippen molar-refractivity contribution in [2.45, 2.75) is 24.8 Å². The van der Waals surface area contributed by atoms with Crippen LogP contribution in [0.4, 0.5) is 5.69 Å². The smallest absolute Gasteiger partial charge is 0.340 e. The fraction of sp³-hybridized carbons (Fsp3) is 0.222. The van der Waals surface area contributed by atoms with Crippen LogP contribution in [0, 0.1) is 0 Å². The summed E-state index contributed by atoms with van der Waals surface area (Å²) in [5.74, 6) is -1.77. The lowest BCUT2D eigenvalue weighted by Crippen LogP contribution is -2.31. The summed E-state index contributed by atoms with van der Waals surface area (Å²) in [6.45, 7) is 3.20. The largest absolute Gasteiger partial charge is 0.449 e. The SMILES string of the molecule is CCN(c1ccccc1)S(=O)(=O)c1ccc(Cl)c(C(=O)O[C@H](C)C(N)=O)c1. The first-order valence-corrected chi connectivity index (χ1v) is 9.88. The number of benzene rings is 2. The Morgan fingerprint density at radius 1 is 1.19 bits per heavy atom. The third-order valence-electron chi connectivity index (χ3n) is 3.76. The average molecular weight is 411 g/mol. The molecule has 1 atom stereocenters. The number of carbonyl (C=O) groups excluding carboxylic acids is 2. The normalized spacial score (nSPS) is 12.3. The summed E-state index contributed by atoms with van der Waals surface area (Å²) in [6, 6.07) is 12.3. The number of nitrogens with two attached hydrogens (primary N) is 1. The van der Waals surface area contributed by atoms with Gasteiger partial charge in [0.05, 0.1) is 21.2 Å². The maximum atomic E-state index is 13.0. The van der Waals surface area contributed by atoms with Crippen LogP contribution in [0.15, 0.2) is 53.4 Å². The summed E-state index contributed by atoms with van der Waals surface area (Å²) in [6.07, 6.45) is -1.18. The topological polar surface area (TPSA) is 107 Å². The maximum Gasteiger partial charge on any atom is 0.340 e. The van der Waals surface area contributed by atoms with E-state index in [0.717, 1.165) is 6.07 Å². The number of primary amides is 1. The van der Waals surface area contributed by atoms with E-state index in [2.05, 4.69) is 0 Å². The number of amides is 1. The summed E-state index contributed by atoms with van der Waals surface area (Å²) >= 11 is 6.01. The minimum absolute atomic E-state index is 0.00150. The summed E-state index contributed by atoms with van der Waals surface area (Å²) in [7, 11) is -3.95. The van der Waals surface area contributed by atoms with E-state index >= 15 is 0 Å². The second-order valence-electron chi connectivity index (χ2n) is 5.60. The lowest BCUT2D eigenvalue weighted by Gasteiger charge is -2.23. The number of anilines is 1. The van der Waals surface area contributed by atoms with E-state index in [1.807, 2.05) is 0 Å². The zero-order chi connectivity index (χ0) is 20.2. The van der Waals surface area contributed by atoms with Crippen molar-refractivity contribution in [1.29, 1.82) is 0 Å². The van der Waals surface area contributed by atoms with E-state index in [1.165, 1.54) is 23.4 Å². The number of nitrogens with zero attached hydrogens (tertiary/aromatic N) is 1. The summed E-state index contributed by atoms with van der Waals surface area (Å²) < 4.78 is 32.2. The molecule has 1 amide bonds. The highest BCUT2D eigenvalue weighted by Crippen LogP contribution is 2.27. The van der Waals surface area contributed by atoms with Crippen LogP contribution in [0.5, 0.6) is 0 Å². The van der Waals surface area contributed by atoms with Gasteiger partial charge in [0.25, 0.3) is 15.9 Å². The van der Waals surface area contributed by atoms with Crippen LogP contribution in [0.2, 0.25) is 5.02 Å². The number of hydrogen-bond donors (Lipinski definition) is 1. The number of halogens is 1. The number of esters is 1. The monoisotopic (exact) mass is 410 g/mol. The summed E-state index contributed by atoms with van der Waals surface area (Å²) in [5, 5.41) is -0.00150. The first-order valence-electron chi connectivity index (χ1n) is 8.06. The molecule has 0 radical (unpaired) electrons. The molecule has 2 rings (SSSR count). The standard InChI is InChI=1S/C18H19ClN2O5S/c1-3-21(13-7-5-4-6-8-13)27(24,25)14-9-10-16(19)15(11-14)18(23)26-12(2)17(20)22/h4-12H,3H2,1-2H3,(H2,20,22)/t12-/m1/s1. The van der Waals surface area contributed by atoms with Gasteiger partial charge >= 0.3 is 5.97 Å². The molecule has 2 aromatic rings. The van der Waals surface area contributed by atoms with Gasteiger partial charge in [0.15, 0.2) is 6.10 Å². The van der Waals surface area contributed by atoms with E-state index in [9.17, 15) is 18.0 Å². The third kappa shape index (κ3) is 4.58. The molecule has 9 heteroatoms. The van der Waals surface area contributed by atoms with Crippen LogP contribution in [-0.2, 0) is 19.6 Å². The number of carbonyl (C=O) groups is 2. The number of ether oxygens (including phenoxy) is 1. The molecule has 0 aliphatic heterocycles. The van der Waals surface area contributed by atoms with Gasteiger partial charge in [0.2, 0.25) is 0 Å². The molecule has 0 unspecified atom stereocenters. The van der Waals surface area contributed by atoms with Gasteiger partial charge in [-0.15, -0.1) is 0 Å². The van der Waals surface area contributed by atoms with Gasteiger partial charge in [-0.3, -0.25) is 9.10 Å². The molecule has 0 fully saturated rings. The van der Waals surface area contributed by atoms with Crippen molar-refractivity contribution in [2.24, 2.45) is 5.73 Å². The fourth-order valence-electron chi connectivity index (χ4n) is 2.32. The van der Waals surface area contributed by atoms with Crippen LogP contribution in [-0.4, -0.2) is 32.9 Å². The van der Waals surface area contributed by atoms with Crippen molar-refractivity contribution in [2.75, 3.05) is 10.8 Å². The molecular formula is C18H19ClN2O5S. The number of sulfonamides is 1. The lowest BCUT2D eigenvalue weighted by molar-refractivity contribution is -0.125.